The van der Waals surface area contributed by atoms with Crippen LogP contribution in [0.5, 0.6) is 5.75 Å². The van der Waals surface area contributed by atoms with E-state index in [0.717, 1.165) is 20.1 Å². The van der Waals surface area contributed by atoms with Crippen molar-refractivity contribution >= 4 is 39.9 Å². The molecule has 3 N–H and O–H groups in total. The number of hydrogen-bond donors (Lipinski definition) is 3. The molecular formula is C13H13NO5S2. The van der Waals surface area contributed by atoms with Crippen LogP contribution < -0.4 is 4.31 Å². The van der Waals surface area contributed by atoms with Gasteiger partial charge < -0.3 is 10.2 Å². The van der Waals surface area contributed by atoms with Gasteiger partial charge in [0.05, 0.1) is 11.4 Å². The van der Waals surface area contributed by atoms with Crippen molar-refractivity contribution in [3.8, 4) is 5.75 Å². The van der Waals surface area contributed by atoms with Crippen LogP contribution in [0.2, 0.25) is 0 Å². The highest BCUT2D eigenvalue weighted by molar-refractivity contribution is 7.81. The Hall–Kier alpha value is -1.90. The Morgan fingerprint density at radius 3 is 2.38 bits per heavy atom. The highest BCUT2D eigenvalue weighted by Gasteiger charge is 2.21. The average molecular weight is 327 g/mol. The molecule has 112 valence electrons. The maximum atomic E-state index is 11.6. The Labute approximate surface area is 127 Å². The van der Waals surface area contributed by atoms with E-state index in [0.29, 0.717) is 5.69 Å². The molecule has 1 aromatic carbocycles. The molecule has 6 nitrogen and oxygen atoms in total. The lowest BCUT2D eigenvalue weighted by molar-refractivity contribution is 0.0694. The number of rotatable bonds is 4. The molecule has 1 atom stereocenters. The molecule has 0 amide bonds. The molecule has 8 heteroatoms. The second-order valence-corrected chi connectivity index (χ2v) is 6.62. The second kappa shape index (κ2) is 5.84. The molecule has 0 fully saturated rings. The summed E-state index contributed by atoms with van der Waals surface area (Å²) in [5.74, 6) is -1.72. The molecule has 0 aliphatic carbocycles. The Morgan fingerprint density at radius 2 is 1.95 bits per heavy atom. The standard InChI is InChI=1S/C13H13NO5S2/c1-7-5-11(8(2)20-7)14(21(18)19)9-3-4-10(13(16)17)12(15)6-9/h3-6,15H,1-2H3,(H,16,17)(H,18,19). The molecule has 0 bridgehead atoms. The lowest BCUT2D eigenvalue weighted by atomic mass is 10.2. The van der Waals surface area contributed by atoms with Gasteiger partial charge in [0.1, 0.15) is 11.3 Å². The number of nitrogens with zero attached hydrogens (tertiary/aromatic N) is 1. The molecule has 2 rings (SSSR count). The lowest BCUT2D eigenvalue weighted by Crippen LogP contribution is -2.19. The Bertz CT molecular complexity index is 725. The maximum Gasteiger partial charge on any atom is 0.339 e. The van der Waals surface area contributed by atoms with E-state index in [1.54, 1.807) is 6.07 Å². The zero-order chi connectivity index (χ0) is 15.7. The molecule has 21 heavy (non-hydrogen) atoms. The maximum absolute atomic E-state index is 11.6. The molecule has 0 aliphatic heterocycles. The summed E-state index contributed by atoms with van der Waals surface area (Å²) < 4.78 is 22.3. The van der Waals surface area contributed by atoms with Gasteiger partial charge >= 0.3 is 5.97 Å². The number of aromatic hydroxyl groups is 1. The van der Waals surface area contributed by atoms with Crippen molar-refractivity contribution in [2.24, 2.45) is 0 Å². The first-order valence-electron chi connectivity index (χ1n) is 5.85. The minimum Gasteiger partial charge on any atom is -0.507 e. The minimum absolute atomic E-state index is 0.235. The minimum atomic E-state index is -2.35. The first-order valence-corrected chi connectivity index (χ1v) is 7.73. The number of thiophene rings is 1. The van der Waals surface area contributed by atoms with Gasteiger partial charge in [-0.05, 0) is 32.0 Å². The molecule has 0 radical (unpaired) electrons. The zero-order valence-corrected chi connectivity index (χ0v) is 12.9. The fraction of sp³-hybridized carbons (Fsp3) is 0.154. The summed E-state index contributed by atoms with van der Waals surface area (Å²) in [5, 5.41) is 18.6. The van der Waals surface area contributed by atoms with Crippen LogP contribution in [-0.2, 0) is 11.3 Å². The fourth-order valence-electron chi connectivity index (χ4n) is 1.96. The van der Waals surface area contributed by atoms with Gasteiger partial charge in [-0.1, -0.05) is 0 Å². The summed E-state index contributed by atoms with van der Waals surface area (Å²) >= 11 is -0.868. The SMILES string of the molecule is Cc1cc(N(c2ccc(C(=O)O)c(O)c2)S(=O)O)c(C)s1. The van der Waals surface area contributed by atoms with Crippen LogP contribution in [0.1, 0.15) is 20.1 Å². The number of benzene rings is 1. The van der Waals surface area contributed by atoms with Crippen LogP contribution >= 0.6 is 11.3 Å². The normalized spacial score (nSPS) is 12.1. The van der Waals surface area contributed by atoms with Crippen LogP contribution in [0.3, 0.4) is 0 Å². The monoisotopic (exact) mass is 327 g/mol. The van der Waals surface area contributed by atoms with E-state index in [1.807, 2.05) is 13.8 Å². The number of hydrogen-bond acceptors (Lipinski definition) is 4. The summed E-state index contributed by atoms with van der Waals surface area (Å²) in [5.41, 5.74) is 0.515. The summed E-state index contributed by atoms with van der Waals surface area (Å²) in [4.78, 5) is 12.7. The van der Waals surface area contributed by atoms with Crippen molar-refractivity contribution in [1.29, 1.82) is 0 Å². The van der Waals surface area contributed by atoms with Gasteiger partial charge in [0.25, 0.3) is 11.3 Å². The molecule has 1 aromatic heterocycles. The zero-order valence-electron chi connectivity index (χ0n) is 11.2. The molecular weight excluding hydrogens is 314 g/mol. The third kappa shape index (κ3) is 3.07. The van der Waals surface area contributed by atoms with Crippen LogP contribution in [0, 0.1) is 13.8 Å². The van der Waals surface area contributed by atoms with E-state index in [4.69, 9.17) is 5.11 Å². The topological polar surface area (TPSA) is 98.1 Å². The van der Waals surface area contributed by atoms with Crippen molar-refractivity contribution in [3.05, 3.63) is 39.6 Å². The number of aryl methyl sites for hydroxylation is 2. The number of carboxylic acids is 1. The molecule has 0 saturated carbocycles. The van der Waals surface area contributed by atoms with E-state index in [1.165, 1.54) is 23.5 Å². The second-order valence-electron chi connectivity index (χ2n) is 4.33. The summed E-state index contributed by atoms with van der Waals surface area (Å²) in [7, 11) is 0. The average Bonchev–Trinajstić information content (AvgIpc) is 2.68. The van der Waals surface area contributed by atoms with E-state index >= 15 is 0 Å². The van der Waals surface area contributed by atoms with Gasteiger partial charge in [0, 0.05) is 15.8 Å². The summed E-state index contributed by atoms with van der Waals surface area (Å²) in [6, 6.07) is 5.49. The van der Waals surface area contributed by atoms with Crippen molar-refractivity contribution in [2.45, 2.75) is 13.8 Å². The highest BCUT2D eigenvalue weighted by atomic mass is 32.2. The van der Waals surface area contributed by atoms with Crippen molar-refractivity contribution in [1.82, 2.24) is 0 Å². The van der Waals surface area contributed by atoms with Gasteiger partial charge in [-0.3, -0.25) is 4.55 Å². The Morgan fingerprint density at radius 1 is 1.29 bits per heavy atom. The Kier molecular flexibility index (Phi) is 4.31. The van der Waals surface area contributed by atoms with Crippen molar-refractivity contribution in [2.75, 3.05) is 4.31 Å². The number of phenols is 1. The first-order chi connectivity index (χ1) is 9.81. The van der Waals surface area contributed by atoms with E-state index in [-0.39, 0.29) is 11.3 Å². The third-order valence-corrected chi connectivity index (χ3v) is 4.51. The molecule has 1 heterocycles. The predicted octanol–water partition coefficient (Wildman–Crippen LogP) is 3.04. The quantitative estimate of drug-likeness (QED) is 0.750. The number of carbonyl (C=O) groups is 1. The number of carboxylic acid groups (broad SMARTS) is 1. The van der Waals surface area contributed by atoms with E-state index < -0.39 is 23.0 Å². The Balaban J connectivity index is 2.54. The van der Waals surface area contributed by atoms with Crippen LogP contribution in [0.4, 0.5) is 11.4 Å². The lowest BCUT2D eigenvalue weighted by Gasteiger charge is -2.20. The van der Waals surface area contributed by atoms with E-state index in [9.17, 15) is 18.7 Å². The van der Waals surface area contributed by atoms with Gasteiger partial charge in [0.2, 0.25) is 0 Å². The fourth-order valence-corrected chi connectivity index (χ4v) is 3.58. The highest BCUT2D eigenvalue weighted by Crippen LogP contribution is 2.36. The van der Waals surface area contributed by atoms with Crippen LogP contribution in [0.15, 0.2) is 24.3 Å². The molecule has 0 saturated heterocycles. The molecule has 0 spiro atoms. The molecule has 0 aliphatic rings. The van der Waals surface area contributed by atoms with Gasteiger partial charge in [-0.2, -0.15) is 0 Å². The van der Waals surface area contributed by atoms with Crippen LogP contribution in [-0.4, -0.2) is 24.9 Å². The van der Waals surface area contributed by atoms with Gasteiger partial charge in [-0.25, -0.2) is 13.3 Å². The smallest absolute Gasteiger partial charge is 0.339 e. The largest absolute Gasteiger partial charge is 0.507 e. The van der Waals surface area contributed by atoms with Crippen molar-refractivity contribution in [3.63, 3.8) is 0 Å². The first kappa shape index (κ1) is 15.5. The van der Waals surface area contributed by atoms with Crippen molar-refractivity contribution < 1.29 is 23.8 Å². The summed E-state index contributed by atoms with van der Waals surface area (Å²) in [6.07, 6.45) is 0. The molecule has 1 unspecified atom stereocenters. The summed E-state index contributed by atoms with van der Waals surface area (Å²) in [6.45, 7) is 3.70. The molecule has 2 aromatic rings. The third-order valence-electron chi connectivity index (χ3n) is 2.84. The van der Waals surface area contributed by atoms with Crippen LogP contribution in [0.25, 0.3) is 0 Å². The van der Waals surface area contributed by atoms with Gasteiger partial charge in [-0.15, -0.1) is 11.3 Å². The predicted molar refractivity (Wildman–Crippen MR) is 81.8 cm³/mol. The number of anilines is 2. The van der Waals surface area contributed by atoms with E-state index in [2.05, 4.69) is 0 Å². The van der Waals surface area contributed by atoms with Gasteiger partial charge in [0.15, 0.2) is 0 Å². The number of aromatic carboxylic acids is 1.